The Morgan fingerprint density at radius 1 is 1.33 bits per heavy atom. The number of hydrogen-bond donors (Lipinski definition) is 1. The second-order valence-corrected chi connectivity index (χ2v) is 7.15. The summed E-state index contributed by atoms with van der Waals surface area (Å²) >= 11 is 0. The van der Waals surface area contributed by atoms with Crippen LogP contribution in [-0.2, 0) is 10.0 Å². The van der Waals surface area contributed by atoms with Gasteiger partial charge in [-0.05, 0) is 45.0 Å². The summed E-state index contributed by atoms with van der Waals surface area (Å²) in [5.41, 5.74) is 0.431. The minimum Gasteiger partial charge on any atom is -0.336 e. The molecule has 0 bridgehead atoms. The number of carbonyl (C=O) groups excluding carboxylic acids is 1. The van der Waals surface area contributed by atoms with Crippen LogP contribution in [0.15, 0.2) is 29.2 Å². The summed E-state index contributed by atoms with van der Waals surface area (Å²) in [6, 6.07) is 6.52. The van der Waals surface area contributed by atoms with E-state index in [1.54, 1.807) is 12.1 Å². The van der Waals surface area contributed by atoms with Crippen LogP contribution in [0.5, 0.6) is 0 Å². The van der Waals surface area contributed by atoms with Crippen molar-refractivity contribution >= 4 is 15.9 Å². The van der Waals surface area contributed by atoms with Gasteiger partial charge in [0.2, 0.25) is 10.0 Å². The van der Waals surface area contributed by atoms with E-state index < -0.39 is 10.0 Å². The van der Waals surface area contributed by atoms with Gasteiger partial charge in [0.05, 0.1) is 4.90 Å². The molecule has 1 saturated carbocycles. The third-order valence-electron chi connectivity index (χ3n) is 4.03. The predicted octanol–water partition coefficient (Wildman–Crippen LogP) is 2.00. The van der Waals surface area contributed by atoms with Gasteiger partial charge in [0.1, 0.15) is 0 Å². The van der Waals surface area contributed by atoms with Crippen LogP contribution in [0, 0.1) is 0 Å². The van der Waals surface area contributed by atoms with Crippen molar-refractivity contribution in [2.45, 2.75) is 43.5 Å². The normalized spacial score (nSPS) is 16.1. The largest absolute Gasteiger partial charge is 0.336 e. The molecule has 0 radical (unpaired) electrons. The molecular formula is C15H22N2O3S. The molecule has 0 saturated heterocycles. The third kappa shape index (κ3) is 3.44. The van der Waals surface area contributed by atoms with Crippen LogP contribution in [-0.4, -0.2) is 38.9 Å². The lowest BCUT2D eigenvalue weighted by atomic mass is 10.1. The molecule has 1 aromatic rings. The van der Waals surface area contributed by atoms with Crippen molar-refractivity contribution in [1.82, 2.24) is 9.62 Å². The first-order valence-corrected chi connectivity index (χ1v) is 8.82. The van der Waals surface area contributed by atoms with Gasteiger partial charge in [-0.2, -0.15) is 0 Å². The van der Waals surface area contributed by atoms with Crippen molar-refractivity contribution in [1.29, 1.82) is 0 Å². The van der Waals surface area contributed by atoms with Gasteiger partial charge in [0, 0.05) is 18.2 Å². The van der Waals surface area contributed by atoms with E-state index in [0.29, 0.717) is 12.1 Å². The van der Waals surface area contributed by atoms with E-state index >= 15 is 0 Å². The Kier molecular flexibility index (Phi) is 5.00. The molecule has 0 unspecified atom stereocenters. The number of carbonyl (C=O) groups is 1. The number of nitrogens with one attached hydrogen (secondary N) is 1. The molecule has 1 aliphatic rings. The fourth-order valence-electron chi connectivity index (χ4n) is 2.86. The number of hydrogen-bond acceptors (Lipinski definition) is 3. The van der Waals surface area contributed by atoms with E-state index in [4.69, 9.17) is 0 Å². The Morgan fingerprint density at radius 3 is 2.57 bits per heavy atom. The minimum atomic E-state index is -3.53. The molecule has 0 aliphatic heterocycles. The number of rotatable bonds is 5. The molecule has 1 fully saturated rings. The van der Waals surface area contributed by atoms with Crippen LogP contribution < -0.4 is 4.72 Å². The van der Waals surface area contributed by atoms with Gasteiger partial charge in [-0.25, -0.2) is 13.1 Å². The second kappa shape index (κ2) is 6.58. The van der Waals surface area contributed by atoms with Gasteiger partial charge in [-0.3, -0.25) is 4.79 Å². The monoisotopic (exact) mass is 310 g/mol. The molecule has 2 rings (SSSR count). The summed E-state index contributed by atoms with van der Waals surface area (Å²) < 4.78 is 25.9. The average Bonchev–Trinajstić information content (AvgIpc) is 3.02. The lowest BCUT2D eigenvalue weighted by Gasteiger charge is -2.27. The maximum atomic E-state index is 12.6. The second-order valence-electron chi connectivity index (χ2n) is 5.26. The smallest absolute Gasteiger partial charge is 0.254 e. The number of amides is 1. The summed E-state index contributed by atoms with van der Waals surface area (Å²) in [6.45, 7) is 2.61. The van der Waals surface area contributed by atoms with Crippen molar-refractivity contribution in [2.75, 3.05) is 13.6 Å². The summed E-state index contributed by atoms with van der Waals surface area (Å²) in [6.07, 6.45) is 4.38. The van der Waals surface area contributed by atoms with E-state index in [1.807, 2.05) is 11.8 Å². The molecule has 5 nitrogen and oxygen atoms in total. The van der Waals surface area contributed by atoms with Crippen molar-refractivity contribution in [3.63, 3.8) is 0 Å². The summed E-state index contributed by atoms with van der Waals surface area (Å²) in [5, 5.41) is 0. The molecule has 21 heavy (non-hydrogen) atoms. The molecule has 1 aliphatic carbocycles. The minimum absolute atomic E-state index is 0.0856. The standard InChI is InChI=1S/C15H22N2O3S/c1-3-17(13-8-4-5-9-13)15(18)12-7-6-10-14(11-12)21(19,20)16-2/h6-7,10-11,13,16H,3-5,8-9H2,1-2H3. The Morgan fingerprint density at radius 2 is 2.00 bits per heavy atom. The fraction of sp³-hybridized carbons (Fsp3) is 0.533. The van der Waals surface area contributed by atoms with Crippen LogP contribution in [0.4, 0.5) is 0 Å². The van der Waals surface area contributed by atoms with Gasteiger partial charge in [0.15, 0.2) is 0 Å². The fourth-order valence-corrected chi connectivity index (χ4v) is 3.64. The molecule has 6 heteroatoms. The Labute approximate surface area is 126 Å². The molecule has 1 aromatic carbocycles. The van der Waals surface area contributed by atoms with Crippen molar-refractivity contribution in [2.24, 2.45) is 0 Å². The van der Waals surface area contributed by atoms with Crippen LogP contribution in [0.3, 0.4) is 0 Å². The van der Waals surface area contributed by atoms with Crippen LogP contribution in [0.25, 0.3) is 0 Å². The first-order chi connectivity index (χ1) is 9.99. The zero-order valence-electron chi connectivity index (χ0n) is 12.5. The Hall–Kier alpha value is -1.40. The van der Waals surface area contributed by atoms with Gasteiger partial charge in [-0.15, -0.1) is 0 Å². The number of benzene rings is 1. The molecule has 0 aromatic heterocycles. The predicted molar refractivity (Wildman–Crippen MR) is 81.7 cm³/mol. The summed E-state index contributed by atoms with van der Waals surface area (Å²) in [4.78, 5) is 14.6. The van der Waals surface area contributed by atoms with Gasteiger partial charge in [-0.1, -0.05) is 18.9 Å². The van der Waals surface area contributed by atoms with Crippen LogP contribution in [0.1, 0.15) is 43.0 Å². The van der Waals surface area contributed by atoms with E-state index in [1.165, 1.54) is 19.2 Å². The molecule has 0 atom stereocenters. The highest BCUT2D eigenvalue weighted by molar-refractivity contribution is 7.89. The molecular weight excluding hydrogens is 288 g/mol. The quantitative estimate of drug-likeness (QED) is 0.904. The van der Waals surface area contributed by atoms with E-state index in [-0.39, 0.29) is 16.8 Å². The highest BCUT2D eigenvalue weighted by atomic mass is 32.2. The van der Waals surface area contributed by atoms with Crippen molar-refractivity contribution in [3.8, 4) is 0 Å². The first kappa shape index (κ1) is 16.0. The topological polar surface area (TPSA) is 66.5 Å². The van der Waals surface area contributed by atoms with E-state index in [0.717, 1.165) is 25.7 Å². The lowest BCUT2D eigenvalue weighted by Crippen LogP contribution is -2.38. The van der Waals surface area contributed by atoms with Gasteiger partial charge >= 0.3 is 0 Å². The highest BCUT2D eigenvalue weighted by Crippen LogP contribution is 2.25. The lowest BCUT2D eigenvalue weighted by molar-refractivity contribution is 0.0693. The number of nitrogens with zero attached hydrogens (tertiary/aromatic N) is 1. The highest BCUT2D eigenvalue weighted by Gasteiger charge is 2.26. The van der Waals surface area contributed by atoms with Gasteiger partial charge in [0.25, 0.3) is 5.91 Å². The molecule has 1 N–H and O–H groups in total. The third-order valence-corrected chi connectivity index (χ3v) is 5.44. The zero-order chi connectivity index (χ0) is 15.5. The summed E-state index contributed by atoms with van der Waals surface area (Å²) in [7, 11) is -2.16. The average molecular weight is 310 g/mol. The Bertz CT molecular complexity index is 607. The summed E-state index contributed by atoms with van der Waals surface area (Å²) in [5.74, 6) is -0.0856. The number of sulfonamides is 1. The van der Waals surface area contributed by atoms with Crippen molar-refractivity contribution < 1.29 is 13.2 Å². The molecule has 116 valence electrons. The maximum absolute atomic E-state index is 12.6. The zero-order valence-corrected chi connectivity index (χ0v) is 13.3. The van der Waals surface area contributed by atoms with E-state index in [2.05, 4.69) is 4.72 Å². The first-order valence-electron chi connectivity index (χ1n) is 7.34. The Balaban J connectivity index is 2.28. The molecule has 1 amide bonds. The van der Waals surface area contributed by atoms with Gasteiger partial charge < -0.3 is 4.90 Å². The molecule has 0 spiro atoms. The van der Waals surface area contributed by atoms with Crippen LogP contribution in [0.2, 0.25) is 0 Å². The van der Waals surface area contributed by atoms with E-state index in [9.17, 15) is 13.2 Å². The molecule has 0 heterocycles. The van der Waals surface area contributed by atoms with Crippen molar-refractivity contribution in [3.05, 3.63) is 29.8 Å². The maximum Gasteiger partial charge on any atom is 0.254 e. The van der Waals surface area contributed by atoms with Crippen LogP contribution >= 0.6 is 0 Å². The SMILES string of the molecule is CCN(C(=O)c1cccc(S(=O)(=O)NC)c1)C1CCCC1.